The van der Waals surface area contributed by atoms with Crippen LogP contribution in [0, 0.1) is 11.3 Å². The number of aromatic nitrogens is 1. The van der Waals surface area contributed by atoms with Crippen molar-refractivity contribution >= 4 is 44.9 Å². The van der Waals surface area contributed by atoms with E-state index in [4.69, 9.17) is 0 Å². The van der Waals surface area contributed by atoms with E-state index >= 15 is 0 Å². The molecular formula is C26H15BN2. The number of hydrogen-bond acceptors (Lipinski definition) is 1. The fourth-order valence-corrected chi connectivity index (χ4v) is 5.56. The molecule has 0 bridgehead atoms. The minimum absolute atomic E-state index is 0.221. The molecule has 0 saturated carbocycles. The average molecular weight is 366 g/mol. The Morgan fingerprint density at radius 2 is 1.66 bits per heavy atom. The molecule has 7 rings (SSSR count). The Morgan fingerprint density at radius 3 is 2.59 bits per heavy atom. The van der Waals surface area contributed by atoms with E-state index in [0.717, 1.165) is 12.1 Å². The maximum absolute atomic E-state index is 9.57. The Kier molecular flexibility index (Phi) is 2.72. The minimum atomic E-state index is 0.221. The lowest BCUT2D eigenvalue weighted by Gasteiger charge is -2.33. The highest BCUT2D eigenvalue weighted by Gasteiger charge is 2.38. The normalized spacial score (nSPS) is 13.3. The number of nitrogens with zero attached hydrogens (tertiary/aromatic N) is 2. The summed E-state index contributed by atoms with van der Waals surface area (Å²) in [6.07, 6.45) is 0.977. The summed E-state index contributed by atoms with van der Waals surface area (Å²) in [6, 6.07) is 30.6. The van der Waals surface area contributed by atoms with Crippen LogP contribution in [-0.4, -0.2) is 11.3 Å². The van der Waals surface area contributed by atoms with Crippen molar-refractivity contribution in [2.45, 2.75) is 6.42 Å². The molecule has 2 aliphatic heterocycles. The monoisotopic (exact) mass is 366 g/mol. The number of rotatable bonds is 0. The Hall–Kier alpha value is -3.77. The Labute approximate surface area is 168 Å². The van der Waals surface area contributed by atoms with Gasteiger partial charge in [0.05, 0.1) is 17.1 Å². The van der Waals surface area contributed by atoms with Crippen LogP contribution in [0.4, 0.5) is 0 Å². The van der Waals surface area contributed by atoms with Crippen molar-refractivity contribution in [1.29, 1.82) is 5.26 Å². The summed E-state index contributed by atoms with van der Waals surface area (Å²) in [5.74, 6) is 0. The fourth-order valence-electron chi connectivity index (χ4n) is 5.56. The second kappa shape index (κ2) is 5.18. The van der Waals surface area contributed by atoms with Gasteiger partial charge in [-0.05, 0) is 46.7 Å². The van der Waals surface area contributed by atoms with Crippen molar-refractivity contribution in [2.75, 3.05) is 0 Å². The lowest BCUT2D eigenvalue weighted by atomic mass is 9.32. The van der Waals surface area contributed by atoms with Crippen molar-refractivity contribution in [1.82, 2.24) is 4.57 Å². The molecule has 2 nitrogen and oxygen atoms in total. The molecule has 0 fully saturated rings. The predicted molar refractivity (Wildman–Crippen MR) is 119 cm³/mol. The summed E-state index contributed by atoms with van der Waals surface area (Å²) in [5.41, 5.74) is 11.3. The van der Waals surface area contributed by atoms with Gasteiger partial charge in [-0.1, -0.05) is 66.1 Å². The molecule has 4 aromatic carbocycles. The average Bonchev–Trinajstić information content (AvgIpc) is 3.12. The third-order valence-corrected chi connectivity index (χ3v) is 6.71. The van der Waals surface area contributed by atoms with E-state index in [2.05, 4.69) is 83.4 Å². The maximum Gasteiger partial charge on any atom is 0.247 e. The summed E-state index contributed by atoms with van der Waals surface area (Å²) in [7, 11) is 0. The fraction of sp³-hybridized carbons (Fsp3) is 0.0385. The van der Waals surface area contributed by atoms with Crippen LogP contribution in [-0.2, 0) is 6.42 Å². The SMILES string of the molecule is N#Cc1ccc2c(c1)-n1c3ccccc3c3ccc4c(c31)B2c1ccccc1C4. The highest BCUT2D eigenvalue weighted by atomic mass is 15.0. The molecule has 29 heavy (non-hydrogen) atoms. The first kappa shape index (κ1) is 15.2. The number of hydrogen-bond donors (Lipinski definition) is 0. The van der Waals surface area contributed by atoms with Crippen LogP contribution in [0.25, 0.3) is 27.5 Å². The molecule has 0 spiro atoms. The van der Waals surface area contributed by atoms with Crippen LogP contribution in [0.1, 0.15) is 16.7 Å². The van der Waals surface area contributed by atoms with Gasteiger partial charge in [-0.25, -0.2) is 0 Å². The van der Waals surface area contributed by atoms with Gasteiger partial charge >= 0.3 is 0 Å². The Bertz CT molecular complexity index is 1550. The van der Waals surface area contributed by atoms with Crippen molar-refractivity contribution in [2.24, 2.45) is 0 Å². The summed E-state index contributed by atoms with van der Waals surface area (Å²) in [5, 5.41) is 12.1. The number of para-hydroxylation sites is 1. The highest BCUT2D eigenvalue weighted by molar-refractivity contribution is 6.98. The standard InChI is InChI=1S/C26H15BN2/c28-15-16-9-12-22-24(13-16)29-23-8-4-2-6-19(23)20-11-10-18-14-17-5-1-3-7-21(17)27(22)25(18)26(20)29/h1-13H,14H2. The van der Waals surface area contributed by atoms with E-state index in [0.29, 0.717) is 5.56 Å². The largest absolute Gasteiger partial charge is 0.310 e. The van der Waals surface area contributed by atoms with Crippen molar-refractivity contribution in [3.05, 3.63) is 95.6 Å². The molecule has 1 aromatic heterocycles. The first-order valence-corrected chi connectivity index (χ1v) is 10.0. The van der Waals surface area contributed by atoms with Crippen LogP contribution in [0.2, 0.25) is 0 Å². The van der Waals surface area contributed by atoms with Crippen molar-refractivity contribution in [3.8, 4) is 11.8 Å². The van der Waals surface area contributed by atoms with Gasteiger partial charge in [0.1, 0.15) is 0 Å². The molecule has 0 amide bonds. The number of fused-ring (bicyclic) bond motifs is 8. The van der Waals surface area contributed by atoms with Gasteiger partial charge in [0.2, 0.25) is 6.71 Å². The molecule has 3 heterocycles. The highest BCUT2D eigenvalue weighted by Crippen LogP contribution is 2.35. The molecule has 2 aliphatic rings. The number of benzene rings is 4. The van der Waals surface area contributed by atoms with Crippen LogP contribution in [0.5, 0.6) is 0 Å². The van der Waals surface area contributed by atoms with Crippen LogP contribution in [0.15, 0.2) is 78.9 Å². The van der Waals surface area contributed by atoms with Crippen LogP contribution in [0.3, 0.4) is 0 Å². The lowest BCUT2D eigenvalue weighted by Crippen LogP contribution is -2.60. The molecule has 0 N–H and O–H groups in total. The van der Waals surface area contributed by atoms with E-state index in [9.17, 15) is 5.26 Å². The van der Waals surface area contributed by atoms with Crippen LogP contribution >= 0.6 is 0 Å². The van der Waals surface area contributed by atoms with Gasteiger partial charge in [0.15, 0.2) is 0 Å². The lowest BCUT2D eigenvalue weighted by molar-refractivity contribution is 1.16. The maximum atomic E-state index is 9.57. The summed E-state index contributed by atoms with van der Waals surface area (Å²) < 4.78 is 2.39. The molecule has 0 aliphatic carbocycles. The van der Waals surface area contributed by atoms with E-state index in [-0.39, 0.29) is 6.71 Å². The molecule has 3 heteroatoms. The molecule has 0 unspecified atom stereocenters. The van der Waals surface area contributed by atoms with E-state index < -0.39 is 0 Å². The molecule has 5 aromatic rings. The third-order valence-electron chi connectivity index (χ3n) is 6.71. The molecule has 0 saturated heterocycles. The van der Waals surface area contributed by atoms with Gasteiger partial charge in [-0.2, -0.15) is 5.26 Å². The van der Waals surface area contributed by atoms with E-state index in [1.54, 1.807) is 0 Å². The van der Waals surface area contributed by atoms with Crippen molar-refractivity contribution in [3.63, 3.8) is 0 Å². The quantitative estimate of drug-likeness (QED) is 0.378. The smallest absolute Gasteiger partial charge is 0.247 e. The first-order valence-electron chi connectivity index (χ1n) is 10.0. The first-order chi connectivity index (χ1) is 14.3. The zero-order valence-corrected chi connectivity index (χ0v) is 15.7. The van der Waals surface area contributed by atoms with Gasteiger partial charge in [0, 0.05) is 22.0 Å². The Balaban J connectivity index is 1.75. The minimum Gasteiger partial charge on any atom is -0.310 e. The Morgan fingerprint density at radius 1 is 0.793 bits per heavy atom. The van der Waals surface area contributed by atoms with Gasteiger partial charge in [-0.15, -0.1) is 0 Å². The zero-order chi connectivity index (χ0) is 19.1. The molecule has 132 valence electrons. The van der Waals surface area contributed by atoms with Gasteiger partial charge < -0.3 is 4.57 Å². The second-order valence-corrected chi connectivity index (χ2v) is 8.08. The van der Waals surface area contributed by atoms with Crippen molar-refractivity contribution < 1.29 is 0 Å². The van der Waals surface area contributed by atoms with E-state index in [1.165, 1.54) is 49.3 Å². The topological polar surface area (TPSA) is 28.7 Å². The van der Waals surface area contributed by atoms with E-state index in [1.807, 2.05) is 6.07 Å². The van der Waals surface area contributed by atoms with Crippen LogP contribution < -0.4 is 16.4 Å². The molecule has 0 atom stereocenters. The van der Waals surface area contributed by atoms with Gasteiger partial charge in [-0.3, -0.25) is 0 Å². The summed E-state index contributed by atoms with van der Waals surface area (Å²) in [4.78, 5) is 0. The molecule has 0 radical (unpaired) electrons. The second-order valence-electron chi connectivity index (χ2n) is 8.08. The third kappa shape index (κ3) is 1.77. The predicted octanol–water partition coefficient (Wildman–Crippen LogP) is 3.39. The zero-order valence-electron chi connectivity index (χ0n) is 15.7. The van der Waals surface area contributed by atoms with Gasteiger partial charge in [0.25, 0.3) is 0 Å². The summed E-state index contributed by atoms with van der Waals surface area (Å²) in [6.45, 7) is 0.221. The summed E-state index contributed by atoms with van der Waals surface area (Å²) >= 11 is 0. The molecular weight excluding hydrogens is 351 g/mol. The number of nitriles is 1.